The van der Waals surface area contributed by atoms with E-state index in [1.54, 1.807) is 20.8 Å². The van der Waals surface area contributed by atoms with Crippen molar-refractivity contribution < 1.29 is 31.5 Å². The summed E-state index contributed by atoms with van der Waals surface area (Å²) in [6, 6.07) is -1.76. The third-order valence-electron chi connectivity index (χ3n) is 3.41. The highest BCUT2D eigenvalue weighted by atomic mass is 19.4. The van der Waals surface area contributed by atoms with E-state index in [9.17, 15) is 26.7 Å². The average molecular weight is 355 g/mol. The molecule has 10 heteroatoms. The lowest BCUT2D eigenvalue weighted by atomic mass is 9.99. The van der Waals surface area contributed by atoms with Crippen LogP contribution in [-0.2, 0) is 4.74 Å². The zero-order chi connectivity index (χ0) is 18.5. The summed E-state index contributed by atoms with van der Waals surface area (Å²) >= 11 is 0. The van der Waals surface area contributed by atoms with Crippen molar-refractivity contribution >= 4 is 11.8 Å². The predicted molar refractivity (Wildman–Crippen MR) is 75.1 cm³/mol. The maximum atomic E-state index is 13.8. The van der Waals surface area contributed by atoms with E-state index in [0.717, 1.165) is 6.07 Å². The number of nitrogens with one attached hydrogen (secondary N) is 1. The second-order valence-electron chi connectivity index (χ2n) is 6.78. The van der Waals surface area contributed by atoms with E-state index in [-0.39, 0.29) is 11.5 Å². The minimum atomic E-state index is -5.72. The van der Waals surface area contributed by atoms with Gasteiger partial charge in [-0.05, 0) is 34.1 Å². The summed E-state index contributed by atoms with van der Waals surface area (Å²) in [6.45, 7) is 6.27. The first-order valence-electron chi connectivity index (χ1n) is 7.26. The summed E-state index contributed by atoms with van der Waals surface area (Å²) in [5.74, 6) is -5.95. The van der Waals surface area contributed by atoms with Gasteiger partial charge in [0.2, 0.25) is 0 Å². The Bertz CT molecular complexity index is 633. The SMILES string of the molecule is CC1CC(C(F)(F)C(F)(F)F)n2nc(C(=O)OC(C)(C)C)cc2N1. The molecule has 2 heterocycles. The Kier molecular flexibility index (Phi) is 4.30. The number of aromatic nitrogens is 2. The number of rotatable bonds is 2. The number of nitrogens with zero attached hydrogens (tertiary/aromatic N) is 2. The first-order chi connectivity index (χ1) is 10.7. The monoisotopic (exact) mass is 355 g/mol. The van der Waals surface area contributed by atoms with Gasteiger partial charge in [-0.1, -0.05) is 0 Å². The molecular formula is C14H18F5N3O2. The highest BCUT2D eigenvalue weighted by Crippen LogP contribution is 2.47. The van der Waals surface area contributed by atoms with Crippen LogP contribution in [0.4, 0.5) is 27.8 Å². The van der Waals surface area contributed by atoms with Crippen molar-refractivity contribution in [1.82, 2.24) is 9.78 Å². The number of fused-ring (bicyclic) bond motifs is 1. The van der Waals surface area contributed by atoms with Gasteiger partial charge in [-0.2, -0.15) is 27.1 Å². The quantitative estimate of drug-likeness (QED) is 0.648. The van der Waals surface area contributed by atoms with E-state index in [4.69, 9.17) is 4.74 Å². The summed E-state index contributed by atoms with van der Waals surface area (Å²) in [5.41, 5.74) is -1.18. The van der Waals surface area contributed by atoms with Gasteiger partial charge in [-0.25, -0.2) is 9.48 Å². The maximum absolute atomic E-state index is 13.8. The third-order valence-corrected chi connectivity index (χ3v) is 3.41. The average Bonchev–Trinajstić information content (AvgIpc) is 2.77. The van der Waals surface area contributed by atoms with Crippen LogP contribution in [0.15, 0.2) is 6.07 Å². The summed E-state index contributed by atoms with van der Waals surface area (Å²) in [6.07, 6.45) is -6.21. The number of carbonyl (C=O) groups is 1. The van der Waals surface area contributed by atoms with Crippen LogP contribution in [0.25, 0.3) is 0 Å². The number of ether oxygens (including phenoxy) is 1. The number of hydrogen-bond acceptors (Lipinski definition) is 4. The molecule has 24 heavy (non-hydrogen) atoms. The summed E-state index contributed by atoms with van der Waals surface area (Å²) in [5, 5.41) is 6.37. The Balaban J connectivity index is 2.41. The zero-order valence-electron chi connectivity index (χ0n) is 13.5. The fraction of sp³-hybridized carbons (Fsp3) is 0.714. The predicted octanol–water partition coefficient (Wildman–Crippen LogP) is 3.78. The number of hydrogen-bond donors (Lipinski definition) is 1. The molecule has 2 rings (SSSR count). The van der Waals surface area contributed by atoms with Crippen molar-refractivity contribution in [3.63, 3.8) is 0 Å². The van der Waals surface area contributed by atoms with E-state index >= 15 is 0 Å². The number of carbonyl (C=O) groups excluding carboxylic acids is 1. The molecule has 1 N–H and O–H groups in total. The van der Waals surface area contributed by atoms with E-state index in [2.05, 4.69) is 10.4 Å². The van der Waals surface area contributed by atoms with Gasteiger partial charge in [-0.15, -0.1) is 0 Å². The molecule has 2 atom stereocenters. The lowest BCUT2D eigenvalue weighted by Crippen LogP contribution is -2.48. The molecule has 0 bridgehead atoms. The molecule has 0 aliphatic carbocycles. The van der Waals surface area contributed by atoms with Crippen molar-refractivity contribution in [2.24, 2.45) is 0 Å². The van der Waals surface area contributed by atoms with Crippen LogP contribution in [0.5, 0.6) is 0 Å². The summed E-state index contributed by atoms with van der Waals surface area (Å²) < 4.78 is 71.4. The number of alkyl halides is 5. The van der Waals surface area contributed by atoms with E-state index < -0.39 is 42.2 Å². The number of halogens is 5. The third kappa shape index (κ3) is 3.46. The first-order valence-corrected chi connectivity index (χ1v) is 7.26. The highest BCUT2D eigenvalue weighted by Gasteiger charge is 2.64. The van der Waals surface area contributed by atoms with Gasteiger partial charge in [0.05, 0.1) is 0 Å². The standard InChI is InChI=1S/C14H18F5N3O2/c1-7-5-9(13(15,16)14(17,18)19)22-10(20-7)6-8(21-22)11(23)24-12(2,3)4/h6-7,9,20H,5H2,1-4H3. The smallest absolute Gasteiger partial charge is 0.455 e. The Morgan fingerprint density at radius 3 is 2.38 bits per heavy atom. The van der Waals surface area contributed by atoms with Crippen molar-refractivity contribution in [2.75, 3.05) is 5.32 Å². The molecule has 1 aliphatic rings. The second-order valence-corrected chi connectivity index (χ2v) is 6.78. The van der Waals surface area contributed by atoms with Crippen molar-refractivity contribution in [3.8, 4) is 0 Å². The van der Waals surface area contributed by atoms with Crippen LogP contribution in [0.3, 0.4) is 0 Å². The van der Waals surface area contributed by atoms with Crippen LogP contribution in [0, 0.1) is 0 Å². The molecule has 1 aromatic heterocycles. The van der Waals surface area contributed by atoms with E-state index in [0.29, 0.717) is 4.68 Å². The minimum absolute atomic E-state index is 0.0801. The van der Waals surface area contributed by atoms with Crippen molar-refractivity contribution in [3.05, 3.63) is 11.8 Å². The van der Waals surface area contributed by atoms with Gasteiger partial charge >= 0.3 is 18.1 Å². The molecular weight excluding hydrogens is 337 g/mol. The molecule has 5 nitrogen and oxygen atoms in total. The van der Waals surface area contributed by atoms with Gasteiger partial charge in [0.15, 0.2) is 5.69 Å². The molecule has 0 fully saturated rings. The Morgan fingerprint density at radius 2 is 1.88 bits per heavy atom. The molecule has 0 amide bonds. The van der Waals surface area contributed by atoms with E-state index in [1.807, 2.05) is 0 Å². The lowest BCUT2D eigenvalue weighted by Gasteiger charge is -2.35. The topological polar surface area (TPSA) is 56.2 Å². The Labute approximate surface area is 135 Å². The highest BCUT2D eigenvalue weighted by molar-refractivity contribution is 5.88. The van der Waals surface area contributed by atoms with Crippen molar-refractivity contribution in [1.29, 1.82) is 0 Å². The fourth-order valence-corrected chi connectivity index (χ4v) is 2.41. The number of esters is 1. The molecule has 0 spiro atoms. The Hall–Kier alpha value is -1.87. The summed E-state index contributed by atoms with van der Waals surface area (Å²) in [7, 11) is 0. The molecule has 0 radical (unpaired) electrons. The van der Waals surface area contributed by atoms with Crippen molar-refractivity contribution in [2.45, 2.75) is 63.9 Å². The molecule has 136 valence electrons. The first kappa shape index (κ1) is 18.5. The Morgan fingerprint density at radius 1 is 1.29 bits per heavy atom. The normalized spacial score (nSPS) is 21.9. The molecule has 0 saturated heterocycles. The van der Waals surface area contributed by atoms with Crippen LogP contribution >= 0.6 is 0 Å². The van der Waals surface area contributed by atoms with Gasteiger partial charge in [-0.3, -0.25) is 0 Å². The van der Waals surface area contributed by atoms with Gasteiger partial charge < -0.3 is 10.1 Å². The van der Waals surface area contributed by atoms with Gasteiger partial charge in [0.25, 0.3) is 0 Å². The minimum Gasteiger partial charge on any atom is -0.455 e. The molecule has 0 saturated carbocycles. The largest absolute Gasteiger partial charge is 0.455 e. The van der Waals surface area contributed by atoms with Crippen LogP contribution in [-0.4, -0.2) is 39.5 Å². The van der Waals surface area contributed by atoms with Gasteiger partial charge in [0, 0.05) is 12.1 Å². The van der Waals surface area contributed by atoms with Crippen LogP contribution in [0.1, 0.15) is 50.6 Å². The van der Waals surface area contributed by atoms with Crippen LogP contribution < -0.4 is 5.32 Å². The molecule has 2 unspecified atom stereocenters. The number of anilines is 1. The molecule has 1 aliphatic heterocycles. The molecule has 0 aromatic carbocycles. The lowest BCUT2D eigenvalue weighted by molar-refractivity contribution is -0.301. The molecule has 1 aromatic rings. The van der Waals surface area contributed by atoms with E-state index in [1.165, 1.54) is 6.92 Å². The van der Waals surface area contributed by atoms with Gasteiger partial charge in [0.1, 0.15) is 17.5 Å². The summed E-state index contributed by atoms with van der Waals surface area (Å²) in [4.78, 5) is 12.0. The maximum Gasteiger partial charge on any atom is 0.455 e. The zero-order valence-corrected chi connectivity index (χ0v) is 13.5. The van der Waals surface area contributed by atoms with Crippen LogP contribution in [0.2, 0.25) is 0 Å². The second kappa shape index (κ2) is 5.59. The fourth-order valence-electron chi connectivity index (χ4n) is 2.41.